The number of hydrogen-bond acceptors (Lipinski definition) is 9. The first-order valence-electron chi connectivity index (χ1n) is 16.4. The lowest BCUT2D eigenvalue weighted by Gasteiger charge is -2.28. The highest BCUT2D eigenvalue weighted by Gasteiger charge is 2.39. The van der Waals surface area contributed by atoms with E-state index in [9.17, 15) is 31.2 Å². The van der Waals surface area contributed by atoms with E-state index in [4.69, 9.17) is 20.4 Å². The molecule has 5 N–H and O–H groups in total. The molecule has 1 saturated carbocycles. The molecule has 2 atom stereocenters. The number of aliphatic carboxylic acids is 1. The summed E-state index contributed by atoms with van der Waals surface area (Å²) in [6.07, 6.45) is -2.23. The number of pyridine rings is 1. The number of carbonyl (C=O) groups is 3. The number of sulfone groups is 1. The smallest absolute Gasteiger partial charge is 0.490 e. The average Bonchev–Trinajstić information content (AvgIpc) is 3.96. The number of nitrogen functional groups attached to an aromatic ring is 1. The molecule has 1 unspecified atom stereocenters. The van der Waals surface area contributed by atoms with Gasteiger partial charge in [-0.2, -0.15) is 13.2 Å². The van der Waals surface area contributed by atoms with Gasteiger partial charge < -0.3 is 36.0 Å². The van der Waals surface area contributed by atoms with Gasteiger partial charge in [-0.15, -0.1) is 0 Å². The Balaban J connectivity index is 0.000000705. The van der Waals surface area contributed by atoms with Crippen LogP contribution in [0.15, 0.2) is 71.8 Å². The lowest BCUT2D eigenvalue weighted by Crippen LogP contribution is -2.35. The highest BCUT2D eigenvalue weighted by atomic mass is 32.2. The van der Waals surface area contributed by atoms with Crippen LogP contribution in [0.1, 0.15) is 48.4 Å². The molecule has 4 aromatic rings. The van der Waals surface area contributed by atoms with Crippen LogP contribution in [-0.2, 0) is 26.0 Å². The molecule has 3 aromatic carbocycles. The maximum atomic E-state index is 14.4. The van der Waals surface area contributed by atoms with Crippen molar-refractivity contribution < 1.29 is 45.8 Å². The summed E-state index contributed by atoms with van der Waals surface area (Å²) < 4.78 is 64.3. The molecule has 4 bridgehead atoms. The number of urea groups is 1. The highest BCUT2D eigenvalue weighted by molar-refractivity contribution is 7.92. The van der Waals surface area contributed by atoms with Crippen molar-refractivity contribution >= 4 is 55.7 Å². The van der Waals surface area contributed by atoms with E-state index in [1.165, 1.54) is 11.0 Å². The zero-order valence-corrected chi connectivity index (χ0v) is 30.1. The third kappa shape index (κ3) is 8.73. The van der Waals surface area contributed by atoms with E-state index in [2.05, 4.69) is 15.6 Å². The summed E-state index contributed by atoms with van der Waals surface area (Å²) >= 11 is 0. The monoisotopic (exact) mass is 756 g/mol. The van der Waals surface area contributed by atoms with Gasteiger partial charge in [0.2, 0.25) is 5.91 Å². The summed E-state index contributed by atoms with van der Waals surface area (Å²) in [7, 11) is 1.36. The zero-order chi connectivity index (χ0) is 38.8. The number of likely N-dealkylation sites (N-methyl/N-ethyl adjacent to an activating group) is 2. The molecule has 53 heavy (non-hydrogen) atoms. The van der Waals surface area contributed by atoms with Crippen molar-refractivity contribution in [1.82, 2.24) is 14.8 Å². The second kappa shape index (κ2) is 15.2. The number of methoxy groups -OCH3 is 1. The second-order valence-electron chi connectivity index (χ2n) is 13.0. The summed E-state index contributed by atoms with van der Waals surface area (Å²) in [5, 5.41) is 14.7. The number of benzene rings is 3. The number of nitrogens with two attached hydrogens (primary N) is 1. The fourth-order valence-corrected chi connectivity index (χ4v) is 7.91. The second-order valence-corrected chi connectivity index (χ2v) is 15.2. The number of amides is 3. The Morgan fingerprint density at radius 3 is 2.38 bits per heavy atom. The summed E-state index contributed by atoms with van der Waals surface area (Å²) in [6, 6.07) is 16.7. The molecule has 17 heteroatoms. The summed E-state index contributed by atoms with van der Waals surface area (Å²) in [6.45, 7) is 2.37. The van der Waals surface area contributed by atoms with Gasteiger partial charge in [0.25, 0.3) is 0 Å². The van der Waals surface area contributed by atoms with Crippen molar-refractivity contribution in [3.8, 4) is 5.75 Å². The first-order valence-corrected chi connectivity index (χ1v) is 18.0. The van der Waals surface area contributed by atoms with Crippen molar-refractivity contribution in [3.05, 3.63) is 83.6 Å². The summed E-state index contributed by atoms with van der Waals surface area (Å²) in [4.78, 5) is 44.0. The molecule has 0 spiro atoms. The number of carboxylic acid groups (broad SMARTS) is 1. The highest BCUT2D eigenvalue weighted by Crippen LogP contribution is 2.37. The number of anilines is 3. The van der Waals surface area contributed by atoms with Crippen LogP contribution in [-0.4, -0.2) is 85.4 Å². The van der Waals surface area contributed by atoms with Crippen LogP contribution >= 0.6 is 0 Å². The number of alkyl halides is 3. The first kappa shape index (κ1) is 38.6. The Bertz CT molecular complexity index is 2160. The number of hydrogen-bond donors (Lipinski definition) is 4. The minimum absolute atomic E-state index is 0.0111. The molecular formula is C36H39F3N6O7S. The van der Waals surface area contributed by atoms with Crippen molar-refractivity contribution in [1.29, 1.82) is 0 Å². The number of rotatable bonds is 5. The fraction of sp³-hybridized carbons (Fsp3) is 0.333. The van der Waals surface area contributed by atoms with Crippen LogP contribution in [0.4, 0.5) is 35.2 Å². The minimum atomic E-state index is -5.08. The quantitative estimate of drug-likeness (QED) is 0.195. The molecule has 1 aliphatic heterocycles. The van der Waals surface area contributed by atoms with Crippen LogP contribution in [0, 0.1) is 0 Å². The Morgan fingerprint density at radius 1 is 1.04 bits per heavy atom. The minimum Gasteiger partial charge on any atom is -0.496 e. The number of carbonyl (C=O) groups excluding carboxylic acids is 2. The van der Waals surface area contributed by atoms with Crippen LogP contribution in [0.2, 0.25) is 0 Å². The van der Waals surface area contributed by atoms with E-state index >= 15 is 0 Å². The predicted octanol–water partition coefficient (Wildman–Crippen LogP) is 5.79. The van der Waals surface area contributed by atoms with Crippen molar-refractivity contribution in [2.75, 3.05) is 44.1 Å². The van der Waals surface area contributed by atoms with E-state index in [0.717, 1.165) is 16.3 Å². The van der Waals surface area contributed by atoms with E-state index in [0.29, 0.717) is 53.5 Å². The molecule has 6 rings (SSSR count). The largest absolute Gasteiger partial charge is 0.496 e. The van der Waals surface area contributed by atoms with Gasteiger partial charge in [-0.3, -0.25) is 4.79 Å². The van der Waals surface area contributed by atoms with E-state index in [1.807, 2.05) is 49.4 Å². The molecule has 2 heterocycles. The molecule has 1 aliphatic carbocycles. The Hall–Kier alpha value is -5.58. The van der Waals surface area contributed by atoms with Crippen molar-refractivity contribution in [2.24, 2.45) is 0 Å². The Kier molecular flexibility index (Phi) is 11.1. The van der Waals surface area contributed by atoms with Gasteiger partial charge in [0, 0.05) is 56.1 Å². The third-order valence-corrected chi connectivity index (χ3v) is 11.3. The Labute approximate surface area is 303 Å². The van der Waals surface area contributed by atoms with Gasteiger partial charge in [-0.1, -0.05) is 13.0 Å². The average molecular weight is 757 g/mol. The molecule has 1 aromatic heterocycles. The van der Waals surface area contributed by atoms with E-state index in [1.54, 1.807) is 44.4 Å². The molecule has 3 amide bonds. The third-order valence-electron chi connectivity index (χ3n) is 8.97. The van der Waals surface area contributed by atoms with Crippen LogP contribution in [0.3, 0.4) is 0 Å². The van der Waals surface area contributed by atoms with Gasteiger partial charge in [0.1, 0.15) is 17.6 Å². The van der Waals surface area contributed by atoms with Gasteiger partial charge in [0.15, 0.2) is 9.84 Å². The topological polar surface area (TPSA) is 184 Å². The number of fused-ring (bicyclic) bond motifs is 5. The summed E-state index contributed by atoms with van der Waals surface area (Å²) in [5.74, 6) is -2.12. The number of halogens is 3. The van der Waals surface area contributed by atoms with Crippen LogP contribution < -0.4 is 21.1 Å². The lowest BCUT2D eigenvalue weighted by molar-refractivity contribution is -0.192. The van der Waals surface area contributed by atoms with Crippen LogP contribution in [0.5, 0.6) is 5.75 Å². The fourth-order valence-electron chi connectivity index (χ4n) is 6.04. The number of ether oxygens (including phenoxy) is 1. The first-order chi connectivity index (χ1) is 24.9. The van der Waals surface area contributed by atoms with Gasteiger partial charge in [0.05, 0.1) is 17.3 Å². The molecular weight excluding hydrogens is 717 g/mol. The molecule has 0 radical (unpaired) electrons. The maximum Gasteiger partial charge on any atom is 0.490 e. The summed E-state index contributed by atoms with van der Waals surface area (Å²) in [5.41, 5.74) is 9.19. The van der Waals surface area contributed by atoms with E-state index in [-0.39, 0.29) is 29.3 Å². The van der Waals surface area contributed by atoms with Crippen molar-refractivity contribution in [2.45, 2.75) is 54.6 Å². The maximum absolute atomic E-state index is 14.4. The standard InChI is InChI=1S/C34H38N6O5S.C2HF3O2/c1-20-18-40(3)34(42)38-25-7-12-30(46(43,44)26-8-9-26)23(16-25)19-39(2)33(41)31(22-5-11-29(45-4)28(20)17-22)37-24-6-10-27-21(15-24)13-14-36-32(27)35;3-2(4,5)1(6)7/h5-7,10-17,20,26,31,37H,8-9,18-19H2,1-4H3,(H2,35,36)(H,38,42);(H,6,7)/t20?,31-;/m0./s1. The van der Waals surface area contributed by atoms with Gasteiger partial charge >= 0.3 is 18.2 Å². The predicted molar refractivity (Wildman–Crippen MR) is 192 cm³/mol. The zero-order valence-electron chi connectivity index (χ0n) is 29.3. The molecule has 2 aliphatic rings. The molecule has 0 saturated heterocycles. The lowest BCUT2D eigenvalue weighted by atomic mass is 9.94. The van der Waals surface area contributed by atoms with E-state index < -0.39 is 33.3 Å². The Morgan fingerprint density at radius 2 is 1.74 bits per heavy atom. The van der Waals surface area contributed by atoms with Gasteiger partial charge in [-0.05, 0) is 89.5 Å². The number of nitrogens with one attached hydrogen (secondary N) is 2. The van der Waals surface area contributed by atoms with Crippen molar-refractivity contribution in [3.63, 3.8) is 0 Å². The SMILES string of the molecule is COc1ccc2cc1C(C)CN(C)C(=O)Nc1ccc(S(=O)(=O)C3CC3)c(c1)CN(C)C(=O)[C@H]2Nc1ccc2c(N)nccc2c1.O=C(O)C(F)(F)F. The van der Waals surface area contributed by atoms with Gasteiger partial charge in [-0.25, -0.2) is 23.0 Å². The molecule has 13 nitrogen and oxygen atoms in total. The number of carboxylic acids is 1. The van der Waals surface area contributed by atoms with Crippen LogP contribution in [0.25, 0.3) is 10.8 Å². The molecule has 1 fully saturated rings. The normalized spacial score (nSPS) is 18.2. The molecule has 282 valence electrons. The number of nitrogens with zero attached hydrogens (tertiary/aromatic N) is 3. The number of aromatic nitrogens is 1.